The summed E-state index contributed by atoms with van der Waals surface area (Å²) in [5.41, 5.74) is 7.03. The first-order valence-corrected chi connectivity index (χ1v) is 8.65. The molecule has 142 valence electrons. The van der Waals surface area contributed by atoms with Crippen LogP contribution in [0.3, 0.4) is 0 Å². The molecule has 1 aromatic carbocycles. The fraction of sp³-hybridized carbons (Fsp3) is 0.500. The number of carboxylic acid groups (broad SMARTS) is 1. The zero-order valence-electron chi connectivity index (χ0n) is 13.9. The minimum absolute atomic E-state index is 0.0604. The first-order valence-electron chi connectivity index (χ1n) is 7.57. The lowest BCUT2D eigenvalue weighted by Gasteiger charge is -2.17. The average molecular weight is 474 g/mol. The largest absolute Gasteiger partial charge is 0.490 e. The van der Waals surface area contributed by atoms with Crippen molar-refractivity contribution in [1.82, 2.24) is 5.32 Å². The van der Waals surface area contributed by atoms with E-state index in [9.17, 15) is 18.0 Å². The van der Waals surface area contributed by atoms with Crippen LogP contribution in [0.1, 0.15) is 32.3 Å². The molecule has 0 aliphatic rings. The van der Waals surface area contributed by atoms with Gasteiger partial charge in [-0.15, -0.1) is 0 Å². The third-order valence-electron chi connectivity index (χ3n) is 3.03. The molecule has 5 nitrogen and oxygen atoms in total. The fourth-order valence-corrected chi connectivity index (χ4v) is 2.47. The summed E-state index contributed by atoms with van der Waals surface area (Å²) in [6.45, 7) is 4.12. The van der Waals surface area contributed by atoms with Crippen LogP contribution in [0.25, 0.3) is 0 Å². The van der Waals surface area contributed by atoms with Crippen LogP contribution in [-0.4, -0.2) is 35.2 Å². The van der Waals surface area contributed by atoms with Crippen molar-refractivity contribution in [2.24, 2.45) is 5.73 Å². The quantitative estimate of drug-likeness (QED) is 0.553. The van der Waals surface area contributed by atoms with Gasteiger partial charge in [0.2, 0.25) is 5.91 Å². The molecule has 1 amide bonds. The maximum Gasteiger partial charge on any atom is 0.490 e. The van der Waals surface area contributed by atoms with Crippen molar-refractivity contribution in [3.63, 3.8) is 0 Å². The van der Waals surface area contributed by atoms with Gasteiger partial charge in [-0.05, 0) is 60.1 Å². The maximum absolute atomic E-state index is 11.9. The van der Waals surface area contributed by atoms with Gasteiger partial charge in [0.15, 0.2) is 0 Å². The van der Waals surface area contributed by atoms with Gasteiger partial charge in [-0.1, -0.05) is 25.5 Å². The number of alkyl halides is 3. The maximum atomic E-state index is 11.9. The first-order chi connectivity index (χ1) is 11.5. The van der Waals surface area contributed by atoms with Gasteiger partial charge in [-0.25, -0.2) is 4.79 Å². The summed E-state index contributed by atoms with van der Waals surface area (Å²) in [4.78, 5) is 20.8. The monoisotopic (exact) mass is 474 g/mol. The molecule has 2 atom stereocenters. The van der Waals surface area contributed by atoms with E-state index in [1.807, 2.05) is 25.1 Å². The minimum Gasteiger partial charge on any atom is -0.475 e. The Hall–Kier alpha value is -1.36. The lowest BCUT2D eigenvalue weighted by Crippen LogP contribution is -2.45. The summed E-state index contributed by atoms with van der Waals surface area (Å²) in [6.07, 6.45) is -2.45. The Balaban J connectivity index is 0.000000697. The number of nitrogens with two attached hydrogens (primary N) is 1. The van der Waals surface area contributed by atoms with Crippen LogP contribution in [0, 0.1) is 3.57 Å². The number of halogens is 4. The van der Waals surface area contributed by atoms with Crippen LogP contribution in [0.2, 0.25) is 0 Å². The summed E-state index contributed by atoms with van der Waals surface area (Å²) in [7, 11) is 0. The van der Waals surface area contributed by atoms with Crippen molar-refractivity contribution in [2.75, 3.05) is 0 Å². The standard InChI is InChI=1S/C14H21IN2O.C2HF3O2/c1-3-5-10(2)17-14(18)13(16)9-11-6-4-7-12(15)8-11;3-2(4,5)1(6)7/h4,6-8,10,13H,3,5,9,16H2,1-2H3,(H,17,18);(H,6,7). The third kappa shape index (κ3) is 11.0. The third-order valence-corrected chi connectivity index (χ3v) is 3.71. The smallest absolute Gasteiger partial charge is 0.475 e. The van der Waals surface area contributed by atoms with Gasteiger partial charge in [0, 0.05) is 9.61 Å². The van der Waals surface area contributed by atoms with Gasteiger partial charge >= 0.3 is 12.1 Å². The van der Waals surface area contributed by atoms with E-state index in [0.29, 0.717) is 6.42 Å². The lowest BCUT2D eigenvalue weighted by molar-refractivity contribution is -0.192. The normalized spacial score (nSPS) is 13.2. The number of carbonyl (C=O) groups excluding carboxylic acids is 1. The summed E-state index contributed by atoms with van der Waals surface area (Å²) < 4.78 is 32.9. The first kappa shape index (κ1) is 23.6. The van der Waals surface area contributed by atoms with E-state index in [1.165, 1.54) is 0 Å². The number of hydrogen-bond acceptors (Lipinski definition) is 3. The number of carboxylic acids is 1. The zero-order chi connectivity index (χ0) is 19.6. The number of rotatable bonds is 6. The van der Waals surface area contributed by atoms with Gasteiger partial charge in [0.1, 0.15) is 0 Å². The molecular weight excluding hydrogens is 452 g/mol. The molecule has 0 spiro atoms. The number of benzene rings is 1. The molecule has 9 heteroatoms. The molecule has 0 heterocycles. The highest BCUT2D eigenvalue weighted by atomic mass is 127. The van der Waals surface area contributed by atoms with Crippen LogP contribution in [0.15, 0.2) is 24.3 Å². The predicted octanol–water partition coefficient (Wildman–Crippen LogP) is 3.10. The van der Waals surface area contributed by atoms with Crippen LogP contribution >= 0.6 is 22.6 Å². The van der Waals surface area contributed by atoms with E-state index in [-0.39, 0.29) is 11.9 Å². The molecule has 25 heavy (non-hydrogen) atoms. The number of aliphatic carboxylic acids is 1. The highest BCUT2D eigenvalue weighted by Crippen LogP contribution is 2.13. The molecule has 1 aromatic rings. The van der Waals surface area contributed by atoms with E-state index in [2.05, 4.69) is 40.9 Å². The fourth-order valence-electron chi connectivity index (χ4n) is 1.87. The number of carbonyl (C=O) groups is 2. The Morgan fingerprint density at radius 2 is 1.92 bits per heavy atom. The molecule has 0 radical (unpaired) electrons. The number of amides is 1. The second kappa shape index (κ2) is 11.3. The highest BCUT2D eigenvalue weighted by Gasteiger charge is 2.38. The van der Waals surface area contributed by atoms with Crippen molar-refractivity contribution in [1.29, 1.82) is 0 Å². The summed E-state index contributed by atoms with van der Waals surface area (Å²) >= 11 is 2.26. The topological polar surface area (TPSA) is 92.4 Å². The van der Waals surface area contributed by atoms with Crippen molar-refractivity contribution in [3.05, 3.63) is 33.4 Å². The Labute approximate surface area is 158 Å². The van der Waals surface area contributed by atoms with Crippen LogP contribution in [0.4, 0.5) is 13.2 Å². The van der Waals surface area contributed by atoms with Crippen molar-refractivity contribution in [3.8, 4) is 0 Å². The molecule has 0 saturated heterocycles. The summed E-state index contributed by atoms with van der Waals surface area (Å²) in [6, 6.07) is 7.81. The Bertz CT molecular complexity index is 568. The van der Waals surface area contributed by atoms with E-state index < -0.39 is 18.2 Å². The van der Waals surface area contributed by atoms with Gasteiger partial charge in [0.25, 0.3) is 0 Å². The predicted molar refractivity (Wildman–Crippen MR) is 97.0 cm³/mol. The van der Waals surface area contributed by atoms with E-state index in [0.717, 1.165) is 22.0 Å². The number of nitrogens with one attached hydrogen (secondary N) is 1. The van der Waals surface area contributed by atoms with Gasteiger partial charge in [-0.3, -0.25) is 4.79 Å². The second-order valence-corrected chi connectivity index (χ2v) is 6.69. The molecule has 0 fully saturated rings. The lowest BCUT2D eigenvalue weighted by atomic mass is 10.1. The average Bonchev–Trinajstić information content (AvgIpc) is 2.46. The minimum atomic E-state index is -5.08. The Kier molecular flexibility index (Phi) is 10.7. The SMILES string of the molecule is CCCC(C)NC(=O)C(N)Cc1cccc(I)c1.O=C(O)C(F)(F)F. The Morgan fingerprint density at radius 3 is 2.36 bits per heavy atom. The second-order valence-electron chi connectivity index (χ2n) is 5.44. The van der Waals surface area contributed by atoms with Gasteiger partial charge in [-0.2, -0.15) is 13.2 Å². The van der Waals surface area contributed by atoms with E-state index in [4.69, 9.17) is 15.6 Å². The zero-order valence-corrected chi connectivity index (χ0v) is 16.1. The number of hydrogen-bond donors (Lipinski definition) is 3. The molecular formula is C16H22F3IN2O3. The molecule has 0 bridgehead atoms. The molecule has 0 aliphatic carbocycles. The molecule has 4 N–H and O–H groups in total. The van der Waals surface area contributed by atoms with Crippen LogP contribution in [-0.2, 0) is 16.0 Å². The van der Waals surface area contributed by atoms with E-state index in [1.54, 1.807) is 0 Å². The van der Waals surface area contributed by atoms with Crippen LogP contribution < -0.4 is 11.1 Å². The van der Waals surface area contributed by atoms with Crippen molar-refractivity contribution < 1.29 is 27.9 Å². The molecule has 0 aromatic heterocycles. The molecule has 2 unspecified atom stereocenters. The Morgan fingerprint density at radius 1 is 1.36 bits per heavy atom. The summed E-state index contributed by atoms with van der Waals surface area (Å²) in [5, 5.41) is 10.1. The highest BCUT2D eigenvalue weighted by molar-refractivity contribution is 14.1. The molecule has 0 saturated carbocycles. The summed E-state index contributed by atoms with van der Waals surface area (Å²) in [5.74, 6) is -2.82. The van der Waals surface area contributed by atoms with Gasteiger partial charge in [0.05, 0.1) is 6.04 Å². The van der Waals surface area contributed by atoms with E-state index >= 15 is 0 Å². The van der Waals surface area contributed by atoms with Crippen molar-refractivity contribution >= 4 is 34.5 Å². The van der Waals surface area contributed by atoms with Crippen LogP contribution in [0.5, 0.6) is 0 Å². The van der Waals surface area contributed by atoms with Crippen molar-refractivity contribution in [2.45, 2.75) is 51.4 Å². The molecule has 1 rings (SSSR count). The van der Waals surface area contributed by atoms with Gasteiger partial charge < -0.3 is 16.2 Å². The molecule has 0 aliphatic heterocycles.